The summed E-state index contributed by atoms with van der Waals surface area (Å²) in [7, 11) is 0. The molecular weight excluding hydrogens is 378 g/mol. The number of nitrogens with zero attached hydrogens (tertiary/aromatic N) is 3. The molecule has 1 aliphatic heterocycles. The number of rotatable bonds is 1. The van der Waals surface area contributed by atoms with Gasteiger partial charge in [0.15, 0.2) is 0 Å². The van der Waals surface area contributed by atoms with Crippen molar-refractivity contribution in [3.63, 3.8) is 0 Å². The standard InChI is InChI=1S/C28H27N3/c1-16-6-9-19(10-7-16)31-24-11-8-17(2)12-20(24)21-13-22-23(14-25(21)31)28(4,5)27-26(22)29-15-18(3)30-27/h6-11,13-15,20H,12H2,1-5H3. The van der Waals surface area contributed by atoms with Gasteiger partial charge in [0.1, 0.15) is 0 Å². The quantitative estimate of drug-likeness (QED) is 0.442. The topological polar surface area (TPSA) is 29.0 Å². The van der Waals surface area contributed by atoms with Crippen molar-refractivity contribution in [2.24, 2.45) is 0 Å². The van der Waals surface area contributed by atoms with Crippen LogP contribution in [0.2, 0.25) is 0 Å². The minimum Gasteiger partial charge on any atom is -0.313 e. The van der Waals surface area contributed by atoms with Gasteiger partial charge in [-0.2, -0.15) is 0 Å². The zero-order valence-corrected chi connectivity index (χ0v) is 18.8. The zero-order chi connectivity index (χ0) is 21.5. The van der Waals surface area contributed by atoms with E-state index in [0.717, 1.165) is 23.5 Å². The van der Waals surface area contributed by atoms with Crippen molar-refractivity contribution in [2.45, 2.75) is 52.4 Å². The largest absolute Gasteiger partial charge is 0.313 e. The van der Waals surface area contributed by atoms with Crippen LogP contribution in [0.4, 0.5) is 11.4 Å². The second-order valence-corrected chi connectivity index (χ2v) is 9.82. The van der Waals surface area contributed by atoms with Gasteiger partial charge in [-0.15, -0.1) is 0 Å². The molecule has 1 unspecified atom stereocenters. The number of hydrogen-bond donors (Lipinski definition) is 0. The average Bonchev–Trinajstić information content (AvgIpc) is 3.16. The minimum atomic E-state index is -0.159. The van der Waals surface area contributed by atoms with Gasteiger partial charge in [-0.3, -0.25) is 9.97 Å². The highest BCUT2D eigenvalue weighted by molar-refractivity contribution is 5.86. The summed E-state index contributed by atoms with van der Waals surface area (Å²) >= 11 is 0. The van der Waals surface area contributed by atoms with E-state index < -0.39 is 0 Å². The van der Waals surface area contributed by atoms with Crippen LogP contribution in [-0.2, 0) is 5.41 Å². The van der Waals surface area contributed by atoms with Crippen LogP contribution in [0, 0.1) is 13.8 Å². The number of hydrogen-bond acceptors (Lipinski definition) is 3. The van der Waals surface area contributed by atoms with Gasteiger partial charge in [-0.25, -0.2) is 0 Å². The normalized spacial score (nSPS) is 19.9. The maximum absolute atomic E-state index is 4.91. The van der Waals surface area contributed by atoms with E-state index in [-0.39, 0.29) is 5.41 Å². The van der Waals surface area contributed by atoms with Crippen molar-refractivity contribution in [3.8, 4) is 11.3 Å². The molecule has 0 bridgehead atoms. The molecule has 0 saturated heterocycles. The van der Waals surface area contributed by atoms with Gasteiger partial charge in [0, 0.05) is 34.5 Å². The summed E-state index contributed by atoms with van der Waals surface area (Å²) < 4.78 is 0. The van der Waals surface area contributed by atoms with Crippen molar-refractivity contribution in [1.29, 1.82) is 0 Å². The molecule has 3 aliphatic rings. The molecule has 0 amide bonds. The maximum atomic E-state index is 4.91. The number of benzene rings is 2. The van der Waals surface area contributed by atoms with Gasteiger partial charge in [0.2, 0.25) is 0 Å². The van der Waals surface area contributed by atoms with E-state index in [1.54, 1.807) is 0 Å². The third-order valence-corrected chi connectivity index (χ3v) is 7.17. The Bertz CT molecular complexity index is 1310. The zero-order valence-electron chi connectivity index (χ0n) is 18.8. The predicted molar refractivity (Wildman–Crippen MR) is 127 cm³/mol. The molecule has 3 aromatic rings. The monoisotopic (exact) mass is 405 g/mol. The Morgan fingerprint density at radius 2 is 1.77 bits per heavy atom. The molecule has 3 nitrogen and oxygen atoms in total. The van der Waals surface area contributed by atoms with E-state index in [4.69, 9.17) is 9.97 Å². The second kappa shape index (κ2) is 6.16. The summed E-state index contributed by atoms with van der Waals surface area (Å²) in [4.78, 5) is 12.2. The first-order valence-electron chi connectivity index (χ1n) is 11.1. The highest BCUT2D eigenvalue weighted by Crippen LogP contribution is 2.56. The van der Waals surface area contributed by atoms with Crippen molar-refractivity contribution in [1.82, 2.24) is 9.97 Å². The van der Waals surface area contributed by atoms with Gasteiger partial charge in [-0.1, -0.05) is 43.2 Å². The Labute approximate surface area is 184 Å². The lowest BCUT2D eigenvalue weighted by Crippen LogP contribution is -2.18. The van der Waals surface area contributed by atoms with Crippen LogP contribution in [0.1, 0.15) is 61.2 Å². The van der Waals surface area contributed by atoms with Crippen molar-refractivity contribution in [3.05, 3.63) is 94.1 Å². The molecule has 0 fully saturated rings. The first-order valence-corrected chi connectivity index (χ1v) is 11.1. The van der Waals surface area contributed by atoms with E-state index in [2.05, 4.69) is 81.1 Å². The van der Waals surface area contributed by atoms with Gasteiger partial charge in [-0.05, 0) is 68.7 Å². The van der Waals surface area contributed by atoms with Gasteiger partial charge >= 0.3 is 0 Å². The van der Waals surface area contributed by atoms with Gasteiger partial charge in [0.25, 0.3) is 0 Å². The van der Waals surface area contributed by atoms with Crippen LogP contribution >= 0.6 is 0 Å². The van der Waals surface area contributed by atoms with E-state index in [1.807, 2.05) is 13.1 Å². The van der Waals surface area contributed by atoms with Crippen LogP contribution in [0.5, 0.6) is 0 Å². The van der Waals surface area contributed by atoms with Crippen molar-refractivity contribution >= 4 is 11.4 Å². The summed E-state index contributed by atoms with van der Waals surface area (Å²) in [6.45, 7) is 11.0. The molecular formula is C28H27N3. The SMILES string of the molecule is CC1=CC=C2C(C1)c1cc3c(cc1N2c1ccc(C)cc1)C(C)(C)c1nc(C)cnc1-3. The Kier molecular flexibility index (Phi) is 3.69. The van der Waals surface area contributed by atoms with E-state index >= 15 is 0 Å². The van der Waals surface area contributed by atoms with Crippen LogP contribution in [-0.4, -0.2) is 9.97 Å². The molecule has 154 valence electrons. The van der Waals surface area contributed by atoms with Crippen molar-refractivity contribution < 1.29 is 0 Å². The van der Waals surface area contributed by atoms with Gasteiger partial charge < -0.3 is 4.90 Å². The first-order chi connectivity index (χ1) is 14.8. The Balaban J connectivity index is 1.61. The third kappa shape index (κ3) is 2.52. The van der Waals surface area contributed by atoms with Crippen LogP contribution in [0.3, 0.4) is 0 Å². The molecule has 0 N–H and O–H groups in total. The highest BCUT2D eigenvalue weighted by atomic mass is 15.2. The number of aromatic nitrogens is 2. The van der Waals surface area contributed by atoms with E-state index in [9.17, 15) is 0 Å². The minimum absolute atomic E-state index is 0.159. The summed E-state index contributed by atoms with van der Waals surface area (Å²) in [5.41, 5.74) is 13.6. The number of aryl methyl sites for hydroxylation is 2. The molecule has 2 aromatic carbocycles. The number of anilines is 2. The molecule has 1 aromatic heterocycles. The highest BCUT2D eigenvalue weighted by Gasteiger charge is 2.43. The van der Waals surface area contributed by atoms with Crippen LogP contribution < -0.4 is 4.90 Å². The lowest BCUT2D eigenvalue weighted by molar-refractivity contribution is 0.632. The predicted octanol–water partition coefficient (Wildman–Crippen LogP) is 6.87. The smallest absolute Gasteiger partial charge is 0.0929 e. The summed E-state index contributed by atoms with van der Waals surface area (Å²) in [6.07, 6.45) is 7.56. The Hall–Kier alpha value is -3.20. The fourth-order valence-corrected chi connectivity index (χ4v) is 5.49. The molecule has 0 saturated carbocycles. The third-order valence-electron chi connectivity index (χ3n) is 7.17. The number of allylic oxidation sites excluding steroid dienone is 4. The first kappa shape index (κ1) is 18.6. The molecule has 0 spiro atoms. The van der Waals surface area contributed by atoms with E-state index in [0.29, 0.717) is 5.92 Å². The summed E-state index contributed by atoms with van der Waals surface area (Å²) in [6, 6.07) is 13.7. The van der Waals surface area contributed by atoms with E-state index in [1.165, 1.54) is 44.9 Å². The maximum Gasteiger partial charge on any atom is 0.0929 e. The molecule has 3 heteroatoms. The summed E-state index contributed by atoms with van der Waals surface area (Å²) in [5.74, 6) is 0.386. The van der Waals surface area contributed by atoms with Crippen LogP contribution in [0.15, 0.2) is 66.0 Å². The molecule has 2 heterocycles. The lowest BCUT2D eigenvalue weighted by Gasteiger charge is -2.26. The molecule has 0 radical (unpaired) electrons. The molecule has 31 heavy (non-hydrogen) atoms. The molecule has 2 aliphatic carbocycles. The average molecular weight is 406 g/mol. The fraction of sp³-hybridized carbons (Fsp3) is 0.286. The van der Waals surface area contributed by atoms with Crippen LogP contribution in [0.25, 0.3) is 11.3 Å². The van der Waals surface area contributed by atoms with Gasteiger partial charge in [0.05, 0.1) is 22.8 Å². The Morgan fingerprint density at radius 3 is 2.55 bits per heavy atom. The lowest BCUT2D eigenvalue weighted by atomic mass is 9.83. The summed E-state index contributed by atoms with van der Waals surface area (Å²) in [5, 5.41) is 0. The Morgan fingerprint density at radius 1 is 1.00 bits per heavy atom. The molecule has 1 atom stereocenters. The fourth-order valence-electron chi connectivity index (χ4n) is 5.49. The van der Waals surface area contributed by atoms with Crippen molar-refractivity contribution in [2.75, 3.05) is 4.90 Å². The number of fused-ring (bicyclic) bond motifs is 6. The molecule has 6 rings (SSSR count). The second-order valence-electron chi connectivity index (χ2n) is 9.82.